The van der Waals surface area contributed by atoms with Crippen molar-refractivity contribution in [2.45, 2.75) is 6.42 Å². The Morgan fingerprint density at radius 2 is 2.29 bits per heavy atom. The molecule has 0 saturated carbocycles. The Morgan fingerprint density at radius 1 is 1.47 bits per heavy atom. The minimum Gasteiger partial charge on any atom is -0.396 e. The third kappa shape index (κ3) is 3.59. The van der Waals surface area contributed by atoms with E-state index in [1.54, 1.807) is 23.6 Å². The van der Waals surface area contributed by atoms with Crippen LogP contribution in [0.2, 0.25) is 5.02 Å². The molecule has 3 N–H and O–H groups in total. The number of nitrogens with two attached hydrogens (primary N) is 1. The smallest absolute Gasteiger partial charge is 0.149 e. The normalized spacial score (nSPS) is 10.5. The minimum absolute atomic E-state index is 0.551. The number of pyridine rings is 1. The average Bonchev–Trinajstić information content (AvgIpc) is 2.68. The van der Waals surface area contributed by atoms with Crippen LogP contribution in [0.4, 0.5) is 11.5 Å². The van der Waals surface area contributed by atoms with Gasteiger partial charge in [-0.3, -0.25) is 0 Å². The predicted molar refractivity (Wildman–Crippen MR) is 77.9 cm³/mol. The van der Waals surface area contributed by atoms with Gasteiger partial charge in [-0.25, -0.2) is 4.98 Å². The molecule has 0 radical (unpaired) electrons. The molecule has 6 heteroatoms. The van der Waals surface area contributed by atoms with Crippen molar-refractivity contribution in [2.24, 2.45) is 0 Å². The van der Waals surface area contributed by atoms with Crippen LogP contribution >= 0.6 is 38.9 Å². The monoisotopic (exact) mass is 331 g/mol. The van der Waals surface area contributed by atoms with E-state index >= 15 is 0 Å². The van der Waals surface area contributed by atoms with Crippen molar-refractivity contribution in [3.8, 4) is 0 Å². The maximum atomic E-state index is 5.79. The zero-order valence-corrected chi connectivity index (χ0v) is 12.1. The van der Waals surface area contributed by atoms with Crippen LogP contribution in [-0.2, 0) is 6.42 Å². The summed E-state index contributed by atoms with van der Waals surface area (Å²) in [5, 5.41) is 3.75. The molecular weight excluding hydrogens is 322 g/mol. The molecule has 0 aliphatic heterocycles. The summed E-state index contributed by atoms with van der Waals surface area (Å²) in [6.07, 6.45) is 2.53. The lowest BCUT2D eigenvalue weighted by Crippen LogP contribution is -2.07. The van der Waals surface area contributed by atoms with E-state index in [1.165, 1.54) is 4.88 Å². The maximum Gasteiger partial charge on any atom is 0.149 e. The molecule has 2 rings (SSSR count). The highest BCUT2D eigenvalue weighted by Crippen LogP contribution is 2.23. The molecule has 0 amide bonds. The summed E-state index contributed by atoms with van der Waals surface area (Å²) >= 11 is 10.9. The van der Waals surface area contributed by atoms with Crippen molar-refractivity contribution in [2.75, 3.05) is 17.6 Å². The average molecular weight is 333 g/mol. The number of thiophene rings is 1. The van der Waals surface area contributed by atoms with Gasteiger partial charge in [0.1, 0.15) is 5.82 Å². The van der Waals surface area contributed by atoms with E-state index in [2.05, 4.69) is 38.4 Å². The summed E-state index contributed by atoms with van der Waals surface area (Å²) in [5.41, 5.74) is 6.36. The van der Waals surface area contributed by atoms with E-state index in [1.807, 2.05) is 0 Å². The van der Waals surface area contributed by atoms with Gasteiger partial charge >= 0.3 is 0 Å². The molecule has 90 valence electrons. The molecule has 0 fully saturated rings. The fraction of sp³-hybridized carbons (Fsp3) is 0.182. The summed E-state index contributed by atoms with van der Waals surface area (Å²) in [4.78, 5) is 5.46. The summed E-state index contributed by atoms with van der Waals surface area (Å²) in [6.45, 7) is 0.797. The maximum absolute atomic E-state index is 5.79. The molecule has 2 aromatic heterocycles. The molecular formula is C11H11BrClN3S. The van der Waals surface area contributed by atoms with E-state index in [4.69, 9.17) is 17.3 Å². The highest BCUT2D eigenvalue weighted by molar-refractivity contribution is 9.11. The van der Waals surface area contributed by atoms with Crippen LogP contribution in [0.5, 0.6) is 0 Å². The first-order chi connectivity index (χ1) is 8.15. The van der Waals surface area contributed by atoms with Crippen LogP contribution < -0.4 is 11.1 Å². The van der Waals surface area contributed by atoms with Gasteiger partial charge in [-0.1, -0.05) is 11.6 Å². The van der Waals surface area contributed by atoms with E-state index in [-0.39, 0.29) is 0 Å². The summed E-state index contributed by atoms with van der Waals surface area (Å²) in [7, 11) is 0. The lowest BCUT2D eigenvalue weighted by molar-refractivity contribution is 1.03. The van der Waals surface area contributed by atoms with Gasteiger partial charge < -0.3 is 11.1 Å². The second kappa shape index (κ2) is 5.71. The minimum atomic E-state index is 0.551. The van der Waals surface area contributed by atoms with E-state index in [0.717, 1.165) is 16.8 Å². The molecule has 2 aromatic rings. The van der Waals surface area contributed by atoms with Crippen molar-refractivity contribution in [1.29, 1.82) is 0 Å². The van der Waals surface area contributed by atoms with Crippen LogP contribution in [-0.4, -0.2) is 11.5 Å². The third-order valence-corrected chi connectivity index (χ3v) is 4.07. The van der Waals surface area contributed by atoms with Crippen molar-refractivity contribution in [3.05, 3.63) is 38.1 Å². The van der Waals surface area contributed by atoms with Crippen molar-refractivity contribution < 1.29 is 0 Å². The fourth-order valence-electron chi connectivity index (χ4n) is 1.39. The zero-order valence-electron chi connectivity index (χ0n) is 8.91. The number of nitrogen functional groups attached to an aromatic ring is 1. The van der Waals surface area contributed by atoms with Crippen molar-refractivity contribution >= 4 is 50.4 Å². The number of anilines is 2. The highest BCUT2D eigenvalue weighted by atomic mass is 79.9. The second-order valence-corrected chi connectivity index (χ2v) is 6.46. The molecule has 0 atom stereocenters. The lowest BCUT2D eigenvalue weighted by atomic mass is 10.3. The van der Waals surface area contributed by atoms with Crippen LogP contribution in [0.1, 0.15) is 4.88 Å². The van der Waals surface area contributed by atoms with E-state index in [9.17, 15) is 0 Å². The topological polar surface area (TPSA) is 50.9 Å². The number of aromatic nitrogens is 1. The Bertz CT molecular complexity index is 515. The molecule has 3 nitrogen and oxygen atoms in total. The number of nitrogens with one attached hydrogen (secondary N) is 1. The zero-order chi connectivity index (χ0) is 12.3. The number of nitrogens with zero attached hydrogens (tertiary/aromatic N) is 1. The van der Waals surface area contributed by atoms with Crippen molar-refractivity contribution in [3.63, 3.8) is 0 Å². The van der Waals surface area contributed by atoms with E-state index in [0.29, 0.717) is 16.5 Å². The van der Waals surface area contributed by atoms with Gasteiger partial charge in [-0.15, -0.1) is 11.3 Å². The van der Waals surface area contributed by atoms with Crippen LogP contribution in [0, 0.1) is 0 Å². The molecule has 0 aliphatic carbocycles. The largest absolute Gasteiger partial charge is 0.396 e. The Labute approximate surface area is 117 Å². The molecule has 0 aliphatic rings. The Kier molecular flexibility index (Phi) is 4.25. The van der Waals surface area contributed by atoms with Gasteiger partial charge in [0.2, 0.25) is 0 Å². The lowest BCUT2D eigenvalue weighted by Gasteiger charge is -2.07. The molecule has 0 aromatic carbocycles. The van der Waals surface area contributed by atoms with Gasteiger partial charge in [0.05, 0.1) is 14.5 Å². The van der Waals surface area contributed by atoms with Crippen LogP contribution in [0.15, 0.2) is 28.2 Å². The second-order valence-electron chi connectivity index (χ2n) is 3.47. The standard InChI is InChI=1S/C11H11BrClN3S/c12-10-2-1-8(17-10)3-4-15-11-9(14)5-7(13)6-16-11/h1-2,5-6H,3-4,14H2,(H,15,16). The highest BCUT2D eigenvalue weighted by Gasteiger charge is 2.02. The first-order valence-electron chi connectivity index (χ1n) is 5.04. The van der Waals surface area contributed by atoms with E-state index < -0.39 is 0 Å². The molecule has 0 spiro atoms. The quantitative estimate of drug-likeness (QED) is 0.895. The van der Waals surface area contributed by atoms with Gasteiger partial charge in [-0.05, 0) is 40.5 Å². The van der Waals surface area contributed by atoms with Crippen LogP contribution in [0.25, 0.3) is 0 Å². The van der Waals surface area contributed by atoms with Gasteiger partial charge in [0.15, 0.2) is 0 Å². The SMILES string of the molecule is Nc1cc(Cl)cnc1NCCc1ccc(Br)s1. The first kappa shape index (κ1) is 12.7. The Balaban J connectivity index is 1.90. The number of rotatable bonds is 4. The molecule has 2 heterocycles. The molecule has 0 unspecified atom stereocenters. The van der Waals surface area contributed by atoms with Gasteiger partial charge in [0, 0.05) is 17.6 Å². The number of halogens is 2. The Hall–Kier alpha value is -0.780. The number of hydrogen-bond donors (Lipinski definition) is 2. The molecule has 0 saturated heterocycles. The van der Waals surface area contributed by atoms with Crippen LogP contribution in [0.3, 0.4) is 0 Å². The van der Waals surface area contributed by atoms with Gasteiger partial charge in [-0.2, -0.15) is 0 Å². The molecule has 0 bridgehead atoms. The summed E-state index contributed by atoms with van der Waals surface area (Å²) < 4.78 is 1.15. The summed E-state index contributed by atoms with van der Waals surface area (Å²) in [5.74, 6) is 0.685. The predicted octanol–water partition coefficient (Wildman–Crippen LogP) is 3.80. The first-order valence-corrected chi connectivity index (χ1v) is 7.03. The Morgan fingerprint density at radius 3 is 2.94 bits per heavy atom. The number of hydrogen-bond acceptors (Lipinski definition) is 4. The fourth-order valence-corrected chi connectivity index (χ4v) is 3.04. The van der Waals surface area contributed by atoms with Crippen molar-refractivity contribution in [1.82, 2.24) is 4.98 Å². The van der Waals surface area contributed by atoms with Gasteiger partial charge in [0.25, 0.3) is 0 Å². The summed E-state index contributed by atoms with van der Waals surface area (Å²) in [6, 6.07) is 5.85. The molecule has 17 heavy (non-hydrogen) atoms. The third-order valence-electron chi connectivity index (χ3n) is 2.18.